The predicted molar refractivity (Wildman–Crippen MR) is 77.7 cm³/mol. The topological polar surface area (TPSA) is 81.2 Å². The van der Waals surface area contributed by atoms with E-state index in [1.54, 1.807) is 21.4 Å². The maximum Gasteiger partial charge on any atom is 0.262 e. The Morgan fingerprint density at radius 2 is 2.20 bits per heavy atom. The average Bonchev–Trinajstić information content (AvgIpc) is 2.96. The van der Waals surface area contributed by atoms with Crippen LogP contribution in [0.5, 0.6) is 0 Å². The standard InChI is InChI=1S/C13H24N4O2S/c1-3-11-5-6-17(12(7-11)8-14)20(18,19)13-9-16(4-2)10-15-13/h9-12H,3-8,14H2,1-2H3. The number of nitrogens with zero attached hydrogens (tertiary/aromatic N) is 3. The Balaban J connectivity index is 2.24. The molecule has 0 spiro atoms. The van der Waals surface area contributed by atoms with Gasteiger partial charge < -0.3 is 10.3 Å². The van der Waals surface area contributed by atoms with Crippen LogP contribution in [-0.2, 0) is 16.6 Å². The third-order valence-corrected chi connectivity index (χ3v) is 6.01. The summed E-state index contributed by atoms with van der Waals surface area (Å²) < 4.78 is 28.7. The van der Waals surface area contributed by atoms with Gasteiger partial charge in [-0.15, -0.1) is 0 Å². The lowest BCUT2D eigenvalue weighted by molar-refractivity contribution is 0.197. The third-order valence-electron chi connectivity index (χ3n) is 4.17. The quantitative estimate of drug-likeness (QED) is 0.881. The van der Waals surface area contributed by atoms with E-state index in [-0.39, 0.29) is 11.1 Å². The summed E-state index contributed by atoms with van der Waals surface area (Å²) in [4.78, 5) is 4.03. The molecule has 0 bridgehead atoms. The van der Waals surface area contributed by atoms with E-state index in [1.165, 1.54) is 0 Å². The number of aryl methyl sites for hydroxylation is 1. The monoisotopic (exact) mass is 300 g/mol. The first-order valence-corrected chi connectivity index (χ1v) is 8.70. The molecule has 6 nitrogen and oxygen atoms in total. The second kappa shape index (κ2) is 6.24. The third kappa shape index (κ3) is 2.89. The second-order valence-corrected chi connectivity index (χ2v) is 7.18. The van der Waals surface area contributed by atoms with Crippen LogP contribution in [-0.4, -0.2) is 41.4 Å². The molecule has 0 radical (unpaired) electrons. The molecule has 1 fully saturated rings. The van der Waals surface area contributed by atoms with Crippen LogP contribution in [0.4, 0.5) is 0 Å². The summed E-state index contributed by atoms with van der Waals surface area (Å²) in [5.41, 5.74) is 5.78. The van der Waals surface area contributed by atoms with Crippen molar-refractivity contribution in [2.24, 2.45) is 11.7 Å². The number of aromatic nitrogens is 2. The smallest absolute Gasteiger partial charge is 0.262 e. The van der Waals surface area contributed by atoms with Crippen LogP contribution < -0.4 is 5.73 Å². The zero-order chi connectivity index (χ0) is 14.8. The van der Waals surface area contributed by atoms with Crippen LogP contribution in [0.1, 0.15) is 33.1 Å². The van der Waals surface area contributed by atoms with Crippen molar-refractivity contribution in [2.75, 3.05) is 13.1 Å². The fourth-order valence-corrected chi connectivity index (χ4v) is 4.38. The SMILES string of the molecule is CCC1CCN(S(=O)(=O)c2cn(CC)cn2)C(CN)C1. The number of hydrogen-bond acceptors (Lipinski definition) is 4. The van der Waals surface area contributed by atoms with E-state index >= 15 is 0 Å². The van der Waals surface area contributed by atoms with Gasteiger partial charge in [0.1, 0.15) is 0 Å². The lowest BCUT2D eigenvalue weighted by atomic mass is 9.90. The summed E-state index contributed by atoms with van der Waals surface area (Å²) in [7, 11) is -3.52. The summed E-state index contributed by atoms with van der Waals surface area (Å²) in [5.74, 6) is 0.572. The van der Waals surface area contributed by atoms with Crippen molar-refractivity contribution in [3.8, 4) is 0 Å². The fourth-order valence-electron chi connectivity index (χ4n) is 2.78. The first-order chi connectivity index (χ1) is 9.52. The van der Waals surface area contributed by atoms with Crippen LogP contribution in [0.3, 0.4) is 0 Å². The minimum atomic E-state index is -3.52. The Bertz CT molecular complexity index is 540. The van der Waals surface area contributed by atoms with Crippen LogP contribution in [0.25, 0.3) is 0 Å². The van der Waals surface area contributed by atoms with E-state index in [0.29, 0.717) is 25.6 Å². The highest BCUT2D eigenvalue weighted by molar-refractivity contribution is 7.89. The zero-order valence-corrected chi connectivity index (χ0v) is 13.0. The van der Waals surface area contributed by atoms with Gasteiger partial charge >= 0.3 is 0 Å². The molecule has 2 atom stereocenters. The van der Waals surface area contributed by atoms with E-state index < -0.39 is 10.0 Å². The van der Waals surface area contributed by atoms with Gasteiger partial charge in [-0.2, -0.15) is 4.31 Å². The molecule has 1 saturated heterocycles. The minimum absolute atomic E-state index is 0.106. The first kappa shape index (κ1) is 15.5. The van der Waals surface area contributed by atoms with E-state index in [1.807, 2.05) is 6.92 Å². The molecular weight excluding hydrogens is 276 g/mol. The number of sulfonamides is 1. The van der Waals surface area contributed by atoms with Crippen molar-refractivity contribution < 1.29 is 8.42 Å². The van der Waals surface area contributed by atoms with Gasteiger partial charge in [0.2, 0.25) is 0 Å². The second-order valence-electron chi connectivity index (χ2n) is 5.35. The molecule has 2 heterocycles. The van der Waals surface area contributed by atoms with E-state index in [2.05, 4.69) is 11.9 Å². The highest BCUT2D eigenvalue weighted by Crippen LogP contribution is 2.29. The van der Waals surface area contributed by atoms with Crippen molar-refractivity contribution in [3.63, 3.8) is 0 Å². The van der Waals surface area contributed by atoms with Crippen LogP contribution in [0.2, 0.25) is 0 Å². The van der Waals surface area contributed by atoms with Gasteiger partial charge in [-0.3, -0.25) is 0 Å². The van der Waals surface area contributed by atoms with Crippen LogP contribution in [0.15, 0.2) is 17.6 Å². The number of piperidine rings is 1. The number of nitrogens with two attached hydrogens (primary N) is 1. The summed E-state index contributed by atoms with van der Waals surface area (Å²) in [5, 5.41) is 0.132. The van der Waals surface area contributed by atoms with E-state index in [0.717, 1.165) is 19.3 Å². The molecule has 114 valence electrons. The molecule has 20 heavy (non-hydrogen) atoms. The summed E-state index contributed by atoms with van der Waals surface area (Å²) in [6.45, 7) is 5.71. The Morgan fingerprint density at radius 1 is 1.45 bits per heavy atom. The van der Waals surface area contributed by atoms with Crippen molar-refractivity contribution in [2.45, 2.75) is 50.7 Å². The molecule has 2 rings (SSSR count). The Kier molecular flexibility index (Phi) is 4.82. The molecule has 1 aliphatic heterocycles. The minimum Gasteiger partial charge on any atom is -0.336 e. The first-order valence-electron chi connectivity index (χ1n) is 7.26. The van der Waals surface area contributed by atoms with Gasteiger partial charge in [0, 0.05) is 31.9 Å². The molecule has 0 aromatic carbocycles. The van der Waals surface area contributed by atoms with Gasteiger partial charge in [-0.1, -0.05) is 13.3 Å². The molecule has 0 aliphatic carbocycles. The Labute approximate surface area is 121 Å². The maximum atomic E-state index is 12.7. The highest BCUT2D eigenvalue weighted by atomic mass is 32.2. The molecule has 0 saturated carbocycles. The molecule has 7 heteroatoms. The number of rotatable bonds is 5. The van der Waals surface area contributed by atoms with Gasteiger partial charge in [-0.05, 0) is 25.7 Å². The lowest BCUT2D eigenvalue weighted by Gasteiger charge is -2.37. The van der Waals surface area contributed by atoms with Crippen molar-refractivity contribution in [1.29, 1.82) is 0 Å². The Morgan fingerprint density at radius 3 is 2.75 bits per heavy atom. The molecule has 2 unspecified atom stereocenters. The zero-order valence-electron chi connectivity index (χ0n) is 12.2. The molecule has 0 amide bonds. The maximum absolute atomic E-state index is 12.7. The molecule has 1 aromatic rings. The summed E-state index contributed by atoms with van der Waals surface area (Å²) in [6.07, 6.45) is 5.98. The predicted octanol–water partition coefficient (Wildman–Crippen LogP) is 1.04. The average molecular weight is 300 g/mol. The molecular formula is C13H24N4O2S. The van der Waals surface area contributed by atoms with Crippen molar-refractivity contribution in [3.05, 3.63) is 12.5 Å². The highest BCUT2D eigenvalue weighted by Gasteiger charge is 2.36. The van der Waals surface area contributed by atoms with E-state index in [4.69, 9.17) is 5.73 Å². The van der Waals surface area contributed by atoms with Gasteiger partial charge in [0.05, 0.1) is 6.33 Å². The van der Waals surface area contributed by atoms with Crippen molar-refractivity contribution in [1.82, 2.24) is 13.9 Å². The van der Waals surface area contributed by atoms with E-state index in [9.17, 15) is 8.42 Å². The number of imidazole rings is 1. The fraction of sp³-hybridized carbons (Fsp3) is 0.769. The van der Waals surface area contributed by atoms with Crippen LogP contribution >= 0.6 is 0 Å². The molecule has 1 aromatic heterocycles. The van der Waals surface area contributed by atoms with Gasteiger partial charge in [0.15, 0.2) is 5.03 Å². The summed E-state index contributed by atoms with van der Waals surface area (Å²) >= 11 is 0. The van der Waals surface area contributed by atoms with Crippen molar-refractivity contribution >= 4 is 10.0 Å². The lowest BCUT2D eigenvalue weighted by Crippen LogP contribution is -2.49. The van der Waals surface area contributed by atoms with Crippen LogP contribution in [0, 0.1) is 5.92 Å². The largest absolute Gasteiger partial charge is 0.336 e. The molecule has 2 N–H and O–H groups in total. The molecule has 1 aliphatic rings. The summed E-state index contributed by atoms with van der Waals surface area (Å²) in [6, 6.07) is -0.106. The van der Waals surface area contributed by atoms with Gasteiger partial charge in [-0.25, -0.2) is 13.4 Å². The Hall–Kier alpha value is -0.920. The van der Waals surface area contributed by atoms with Gasteiger partial charge in [0.25, 0.3) is 10.0 Å². The normalized spacial score (nSPS) is 24.9. The number of hydrogen-bond donors (Lipinski definition) is 1.